The molecule has 1 fully saturated rings. The predicted octanol–water partition coefficient (Wildman–Crippen LogP) is -1.07. The van der Waals surface area contributed by atoms with Gasteiger partial charge in [-0.25, -0.2) is 9.18 Å². The lowest BCUT2D eigenvalue weighted by atomic mass is 10.1. The molecule has 1 aromatic heterocycles. The Bertz CT molecular complexity index is 530. The van der Waals surface area contributed by atoms with Crippen molar-refractivity contribution in [2.24, 2.45) is 0 Å². The first kappa shape index (κ1) is 12.7. The number of aliphatic hydroxyl groups excluding tert-OH is 2. The van der Waals surface area contributed by atoms with Crippen molar-refractivity contribution in [2.75, 3.05) is 12.3 Å². The third-order valence-electron chi connectivity index (χ3n) is 2.69. The largest absolute Gasteiger partial charge is 0.394 e. The van der Waals surface area contributed by atoms with E-state index in [1.807, 2.05) is 0 Å². The van der Waals surface area contributed by atoms with Crippen molar-refractivity contribution in [3.8, 4) is 0 Å². The van der Waals surface area contributed by atoms with Crippen LogP contribution in [0.5, 0.6) is 0 Å². The Morgan fingerprint density at radius 2 is 2.39 bits per heavy atom. The van der Waals surface area contributed by atoms with Crippen LogP contribution in [0.2, 0.25) is 0 Å². The van der Waals surface area contributed by atoms with E-state index in [0.717, 1.165) is 4.57 Å². The van der Waals surface area contributed by atoms with E-state index < -0.39 is 30.7 Å². The Kier molecular flexibility index (Phi) is 3.41. The molecule has 2 heterocycles. The number of hydrogen-bond donors (Lipinski definition) is 3. The molecule has 3 atom stereocenters. The zero-order valence-electron chi connectivity index (χ0n) is 9.23. The number of nitrogens with two attached hydrogens (primary N) is 1. The monoisotopic (exact) mass is 257 g/mol. The van der Waals surface area contributed by atoms with Crippen molar-refractivity contribution in [3.05, 3.63) is 34.7 Å². The Morgan fingerprint density at radius 1 is 1.67 bits per heavy atom. The van der Waals surface area contributed by atoms with Gasteiger partial charge in [0.25, 0.3) is 0 Å². The highest BCUT2D eigenvalue weighted by atomic mass is 19.1. The van der Waals surface area contributed by atoms with Crippen LogP contribution in [-0.4, -0.2) is 38.6 Å². The first-order chi connectivity index (χ1) is 8.58. The van der Waals surface area contributed by atoms with Crippen molar-refractivity contribution < 1.29 is 19.3 Å². The molecule has 98 valence electrons. The normalized spacial score (nSPS) is 29.9. The average molecular weight is 257 g/mol. The smallest absolute Gasteiger partial charge is 0.351 e. The number of halogens is 1. The van der Waals surface area contributed by atoms with Gasteiger partial charge in [0.1, 0.15) is 18.0 Å². The van der Waals surface area contributed by atoms with Gasteiger partial charge in [-0.2, -0.15) is 4.98 Å². The summed E-state index contributed by atoms with van der Waals surface area (Å²) in [4.78, 5) is 15.1. The first-order valence-corrected chi connectivity index (χ1v) is 5.17. The average Bonchev–Trinajstić information content (AvgIpc) is 2.65. The molecule has 0 radical (unpaired) electrons. The van der Waals surface area contributed by atoms with Crippen LogP contribution in [0, 0.1) is 0 Å². The van der Waals surface area contributed by atoms with Crippen molar-refractivity contribution in [3.63, 3.8) is 0 Å². The van der Waals surface area contributed by atoms with Gasteiger partial charge in [-0.05, 0) is 6.07 Å². The summed E-state index contributed by atoms with van der Waals surface area (Å²) in [7, 11) is 0. The van der Waals surface area contributed by atoms with E-state index in [4.69, 9.17) is 15.6 Å². The number of hydrogen-bond acceptors (Lipinski definition) is 6. The summed E-state index contributed by atoms with van der Waals surface area (Å²) in [5.41, 5.74) is 4.45. The van der Waals surface area contributed by atoms with E-state index in [1.165, 1.54) is 12.3 Å². The molecule has 1 aliphatic heterocycles. The Balaban J connectivity index is 2.41. The molecule has 1 aliphatic rings. The van der Waals surface area contributed by atoms with Gasteiger partial charge in [0, 0.05) is 11.8 Å². The lowest BCUT2D eigenvalue weighted by Gasteiger charge is -2.14. The molecule has 1 unspecified atom stereocenters. The van der Waals surface area contributed by atoms with Crippen molar-refractivity contribution in [1.29, 1.82) is 0 Å². The van der Waals surface area contributed by atoms with Crippen LogP contribution in [0.25, 0.3) is 0 Å². The number of anilines is 1. The van der Waals surface area contributed by atoms with Gasteiger partial charge in [0.2, 0.25) is 0 Å². The van der Waals surface area contributed by atoms with Crippen molar-refractivity contribution in [1.82, 2.24) is 9.55 Å². The molecule has 1 aromatic rings. The lowest BCUT2D eigenvalue weighted by molar-refractivity contribution is -0.0447. The Hall–Kier alpha value is -1.77. The number of nitrogen functional groups attached to an aromatic ring is 1. The van der Waals surface area contributed by atoms with Crippen LogP contribution >= 0.6 is 0 Å². The maximum Gasteiger partial charge on any atom is 0.351 e. The van der Waals surface area contributed by atoms with E-state index in [9.17, 15) is 14.3 Å². The maximum atomic E-state index is 12.8. The number of aliphatic hydroxyl groups is 2. The second kappa shape index (κ2) is 4.84. The lowest BCUT2D eigenvalue weighted by Crippen LogP contribution is -2.28. The summed E-state index contributed by atoms with van der Waals surface area (Å²) in [6.07, 6.45) is -1.99. The maximum absolute atomic E-state index is 12.8. The highest BCUT2D eigenvalue weighted by molar-refractivity contribution is 5.25. The zero-order chi connectivity index (χ0) is 13.3. The predicted molar refractivity (Wildman–Crippen MR) is 59.1 cm³/mol. The minimum Gasteiger partial charge on any atom is -0.394 e. The fourth-order valence-corrected chi connectivity index (χ4v) is 1.77. The molecule has 4 N–H and O–H groups in total. The molecule has 2 rings (SSSR count). The molecule has 0 bridgehead atoms. The third kappa shape index (κ3) is 2.01. The first-order valence-electron chi connectivity index (χ1n) is 5.17. The van der Waals surface area contributed by atoms with E-state index in [2.05, 4.69) is 4.98 Å². The quantitative estimate of drug-likeness (QED) is 0.622. The van der Waals surface area contributed by atoms with Crippen LogP contribution in [0.15, 0.2) is 29.0 Å². The van der Waals surface area contributed by atoms with Gasteiger partial charge in [-0.1, -0.05) is 0 Å². The molecule has 0 amide bonds. The van der Waals surface area contributed by atoms with Crippen LogP contribution in [-0.2, 0) is 4.74 Å². The number of ether oxygens (including phenoxy) is 1. The van der Waals surface area contributed by atoms with Crippen LogP contribution in [0.4, 0.5) is 10.2 Å². The van der Waals surface area contributed by atoms with E-state index >= 15 is 0 Å². The Morgan fingerprint density at radius 3 is 2.94 bits per heavy atom. The number of rotatable bonds is 2. The van der Waals surface area contributed by atoms with Gasteiger partial charge < -0.3 is 20.7 Å². The summed E-state index contributed by atoms with van der Waals surface area (Å²) >= 11 is 0. The second-order valence-corrected chi connectivity index (χ2v) is 3.81. The molecule has 0 saturated carbocycles. The molecule has 18 heavy (non-hydrogen) atoms. The topological polar surface area (TPSA) is 111 Å². The summed E-state index contributed by atoms with van der Waals surface area (Å²) < 4.78 is 19.0. The zero-order valence-corrected chi connectivity index (χ0v) is 9.23. The fraction of sp³-hybridized carbons (Fsp3) is 0.400. The molecule has 0 spiro atoms. The second-order valence-electron chi connectivity index (χ2n) is 3.81. The highest BCUT2D eigenvalue weighted by Crippen LogP contribution is 2.33. The minimum absolute atomic E-state index is 0.0271. The van der Waals surface area contributed by atoms with Gasteiger partial charge >= 0.3 is 5.69 Å². The van der Waals surface area contributed by atoms with Gasteiger partial charge in [0.05, 0.1) is 12.9 Å². The molecule has 8 heteroatoms. The SMILES string of the molecule is Nc1ccn([C@@H]2O[C@H](CO)C(O)/C2=C\F)c(=O)n1. The molecular weight excluding hydrogens is 245 g/mol. The summed E-state index contributed by atoms with van der Waals surface area (Å²) in [6.45, 7) is -0.494. The number of aromatic nitrogens is 2. The summed E-state index contributed by atoms with van der Waals surface area (Å²) in [5.74, 6) is 0.0271. The van der Waals surface area contributed by atoms with E-state index in [0.29, 0.717) is 0 Å². The van der Waals surface area contributed by atoms with Crippen LogP contribution < -0.4 is 11.4 Å². The number of nitrogens with zero attached hydrogens (tertiary/aromatic N) is 2. The van der Waals surface area contributed by atoms with E-state index in [-0.39, 0.29) is 17.7 Å². The minimum atomic E-state index is -1.31. The summed E-state index contributed by atoms with van der Waals surface area (Å²) in [5, 5.41) is 18.6. The van der Waals surface area contributed by atoms with Crippen molar-refractivity contribution >= 4 is 5.82 Å². The molecule has 0 aliphatic carbocycles. The van der Waals surface area contributed by atoms with Crippen molar-refractivity contribution in [2.45, 2.75) is 18.4 Å². The van der Waals surface area contributed by atoms with Gasteiger partial charge in [-0.3, -0.25) is 4.57 Å². The molecule has 7 nitrogen and oxygen atoms in total. The Labute approximate surface area is 101 Å². The molecular formula is C10H12FN3O4. The standard InChI is InChI=1S/C10H12FN3O4/c11-3-5-8(16)6(4-15)18-9(5)14-2-1-7(12)13-10(14)17/h1-3,6,8-9,15-16H,4H2,(H2,12,13,17)/b5-3+/t6-,8?,9-/m1/s1. The fourth-order valence-electron chi connectivity index (χ4n) is 1.77. The van der Waals surface area contributed by atoms with Crippen LogP contribution in [0.1, 0.15) is 6.23 Å². The van der Waals surface area contributed by atoms with E-state index in [1.54, 1.807) is 0 Å². The van der Waals surface area contributed by atoms with Crippen LogP contribution in [0.3, 0.4) is 0 Å². The third-order valence-corrected chi connectivity index (χ3v) is 2.69. The van der Waals surface area contributed by atoms with Gasteiger partial charge in [0.15, 0.2) is 6.23 Å². The molecule has 1 saturated heterocycles. The summed E-state index contributed by atoms with van der Waals surface area (Å²) in [6, 6.07) is 1.35. The highest BCUT2D eigenvalue weighted by Gasteiger charge is 2.40. The van der Waals surface area contributed by atoms with Gasteiger partial charge in [-0.15, -0.1) is 0 Å². The molecule has 0 aromatic carbocycles.